The van der Waals surface area contributed by atoms with Gasteiger partial charge in [-0.2, -0.15) is 0 Å². The summed E-state index contributed by atoms with van der Waals surface area (Å²) in [5.41, 5.74) is 1.34. The van der Waals surface area contributed by atoms with E-state index in [1.807, 2.05) is 7.05 Å². The predicted molar refractivity (Wildman–Crippen MR) is 66.4 cm³/mol. The van der Waals surface area contributed by atoms with Crippen molar-refractivity contribution in [3.8, 4) is 0 Å². The molecule has 88 valence electrons. The first kappa shape index (κ1) is 11.6. The topological polar surface area (TPSA) is 21.3 Å². The molecule has 1 N–H and O–H groups in total. The van der Waals surface area contributed by atoms with Crippen LogP contribution < -0.4 is 5.32 Å². The van der Waals surface area contributed by atoms with Crippen LogP contribution in [0.15, 0.2) is 30.3 Å². The second-order valence-electron chi connectivity index (χ2n) is 4.50. The first-order valence-electron chi connectivity index (χ1n) is 6.23. The molecule has 2 rings (SSSR count). The molecule has 1 aromatic carbocycles. The van der Waals surface area contributed by atoms with Crippen LogP contribution >= 0.6 is 0 Å². The molecule has 2 nitrogen and oxygen atoms in total. The van der Waals surface area contributed by atoms with Crippen LogP contribution in [0.5, 0.6) is 0 Å². The lowest BCUT2D eigenvalue weighted by atomic mass is 9.78. The summed E-state index contributed by atoms with van der Waals surface area (Å²) in [4.78, 5) is 0. The van der Waals surface area contributed by atoms with E-state index >= 15 is 0 Å². The normalized spacial score (nSPS) is 18.1. The number of hydrogen-bond acceptors (Lipinski definition) is 2. The molecular formula is C14H21NO. The molecule has 1 unspecified atom stereocenters. The van der Waals surface area contributed by atoms with Crippen LogP contribution in [0.1, 0.15) is 30.9 Å². The van der Waals surface area contributed by atoms with Gasteiger partial charge in [-0.15, -0.1) is 0 Å². The Morgan fingerprint density at radius 2 is 2.06 bits per heavy atom. The fraction of sp³-hybridized carbons (Fsp3) is 0.571. The van der Waals surface area contributed by atoms with Gasteiger partial charge in [0.2, 0.25) is 0 Å². The average Bonchev–Trinajstić information content (AvgIpc) is 2.27. The maximum atomic E-state index is 6.01. The van der Waals surface area contributed by atoms with E-state index in [4.69, 9.17) is 4.74 Å². The standard InChI is InChI=1S/C14H21NO/c1-15-10-11-16-14(13-8-5-9-13)12-6-3-2-4-7-12/h2-4,6-7,13-15H,5,8-11H2,1H3. The van der Waals surface area contributed by atoms with E-state index in [1.54, 1.807) is 0 Å². The Morgan fingerprint density at radius 3 is 2.62 bits per heavy atom. The predicted octanol–water partition coefficient (Wildman–Crippen LogP) is 2.76. The summed E-state index contributed by atoms with van der Waals surface area (Å²) in [7, 11) is 1.96. The highest BCUT2D eigenvalue weighted by molar-refractivity contribution is 5.18. The summed E-state index contributed by atoms with van der Waals surface area (Å²) in [5.74, 6) is 0.735. The SMILES string of the molecule is CNCCOC(c1ccccc1)C1CCC1. The van der Waals surface area contributed by atoms with Gasteiger partial charge < -0.3 is 10.1 Å². The number of benzene rings is 1. The highest BCUT2D eigenvalue weighted by Crippen LogP contribution is 2.39. The Kier molecular flexibility index (Phi) is 4.37. The third kappa shape index (κ3) is 2.83. The van der Waals surface area contributed by atoms with Gasteiger partial charge in [0.05, 0.1) is 12.7 Å². The molecule has 1 atom stereocenters. The van der Waals surface area contributed by atoms with E-state index in [0.717, 1.165) is 19.1 Å². The third-order valence-corrected chi connectivity index (χ3v) is 3.36. The van der Waals surface area contributed by atoms with Crippen molar-refractivity contribution < 1.29 is 4.74 Å². The summed E-state index contributed by atoms with van der Waals surface area (Å²) < 4.78 is 6.01. The summed E-state index contributed by atoms with van der Waals surface area (Å²) in [6.07, 6.45) is 4.31. The molecule has 16 heavy (non-hydrogen) atoms. The average molecular weight is 219 g/mol. The first-order chi connectivity index (χ1) is 7.92. The van der Waals surface area contributed by atoms with E-state index in [2.05, 4.69) is 35.6 Å². The molecule has 0 aromatic heterocycles. The van der Waals surface area contributed by atoms with Crippen LogP contribution in [0.4, 0.5) is 0 Å². The number of hydrogen-bond donors (Lipinski definition) is 1. The van der Waals surface area contributed by atoms with Crippen molar-refractivity contribution in [3.05, 3.63) is 35.9 Å². The second-order valence-corrected chi connectivity index (χ2v) is 4.50. The van der Waals surface area contributed by atoms with Crippen molar-refractivity contribution in [1.29, 1.82) is 0 Å². The van der Waals surface area contributed by atoms with E-state index in [1.165, 1.54) is 24.8 Å². The number of rotatable bonds is 6. The van der Waals surface area contributed by atoms with E-state index in [9.17, 15) is 0 Å². The molecule has 1 fully saturated rings. The number of likely N-dealkylation sites (N-methyl/N-ethyl adjacent to an activating group) is 1. The molecule has 0 radical (unpaired) electrons. The molecule has 2 heteroatoms. The number of nitrogens with one attached hydrogen (secondary N) is 1. The molecule has 0 bridgehead atoms. The van der Waals surface area contributed by atoms with Crippen LogP contribution in [0.25, 0.3) is 0 Å². The van der Waals surface area contributed by atoms with Crippen molar-refractivity contribution in [2.24, 2.45) is 5.92 Å². The van der Waals surface area contributed by atoms with Gasteiger partial charge in [-0.05, 0) is 31.4 Å². The molecular weight excluding hydrogens is 198 g/mol. The van der Waals surface area contributed by atoms with Gasteiger partial charge in [0.1, 0.15) is 0 Å². The smallest absolute Gasteiger partial charge is 0.0853 e. The molecule has 1 saturated carbocycles. The Bertz CT molecular complexity index is 295. The summed E-state index contributed by atoms with van der Waals surface area (Å²) in [5, 5.41) is 3.12. The van der Waals surface area contributed by atoms with Gasteiger partial charge in [-0.25, -0.2) is 0 Å². The van der Waals surface area contributed by atoms with Crippen molar-refractivity contribution in [1.82, 2.24) is 5.32 Å². The van der Waals surface area contributed by atoms with Crippen LogP contribution in [-0.2, 0) is 4.74 Å². The van der Waals surface area contributed by atoms with E-state index < -0.39 is 0 Å². The number of ether oxygens (including phenoxy) is 1. The van der Waals surface area contributed by atoms with Gasteiger partial charge in [0.15, 0.2) is 0 Å². The largest absolute Gasteiger partial charge is 0.372 e. The van der Waals surface area contributed by atoms with Gasteiger partial charge in [0.25, 0.3) is 0 Å². The highest BCUT2D eigenvalue weighted by Gasteiger charge is 2.28. The van der Waals surface area contributed by atoms with Crippen molar-refractivity contribution in [2.75, 3.05) is 20.2 Å². The van der Waals surface area contributed by atoms with Crippen LogP contribution in [0.2, 0.25) is 0 Å². The molecule has 0 heterocycles. The van der Waals surface area contributed by atoms with Crippen molar-refractivity contribution >= 4 is 0 Å². The van der Waals surface area contributed by atoms with Crippen LogP contribution in [-0.4, -0.2) is 20.2 Å². The van der Waals surface area contributed by atoms with Crippen molar-refractivity contribution in [3.63, 3.8) is 0 Å². The highest BCUT2D eigenvalue weighted by atomic mass is 16.5. The lowest BCUT2D eigenvalue weighted by Gasteiger charge is -2.34. The maximum absolute atomic E-state index is 6.01. The first-order valence-corrected chi connectivity index (χ1v) is 6.23. The van der Waals surface area contributed by atoms with Crippen molar-refractivity contribution in [2.45, 2.75) is 25.4 Å². The zero-order valence-corrected chi connectivity index (χ0v) is 9.99. The third-order valence-electron chi connectivity index (χ3n) is 3.36. The summed E-state index contributed by atoms with van der Waals surface area (Å²) in [6, 6.07) is 10.6. The lowest BCUT2D eigenvalue weighted by molar-refractivity contribution is -0.0136. The van der Waals surface area contributed by atoms with Crippen LogP contribution in [0, 0.1) is 5.92 Å². The van der Waals surface area contributed by atoms with Gasteiger partial charge in [-0.3, -0.25) is 0 Å². The monoisotopic (exact) mass is 219 g/mol. The quantitative estimate of drug-likeness (QED) is 0.743. The van der Waals surface area contributed by atoms with Crippen LogP contribution in [0.3, 0.4) is 0 Å². The summed E-state index contributed by atoms with van der Waals surface area (Å²) >= 11 is 0. The molecule has 0 spiro atoms. The van der Waals surface area contributed by atoms with E-state index in [-0.39, 0.29) is 0 Å². The second kappa shape index (κ2) is 6.02. The fourth-order valence-electron chi connectivity index (χ4n) is 2.18. The minimum Gasteiger partial charge on any atom is -0.372 e. The summed E-state index contributed by atoms with van der Waals surface area (Å²) in [6.45, 7) is 1.72. The van der Waals surface area contributed by atoms with E-state index in [0.29, 0.717) is 6.10 Å². The minimum atomic E-state index is 0.309. The minimum absolute atomic E-state index is 0.309. The fourth-order valence-corrected chi connectivity index (χ4v) is 2.18. The molecule has 1 aromatic rings. The zero-order valence-electron chi connectivity index (χ0n) is 9.99. The molecule has 0 amide bonds. The van der Waals surface area contributed by atoms with Gasteiger partial charge in [-0.1, -0.05) is 36.8 Å². The Balaban J connectivity index is 1.97. The maximum Gasteiger partial charge on any atom is 0.0853 e. The Labute approximate surface area is 98.0 Å². The lowest BCUT2D eigenvalue weighted by Crippen LogP contribution is -2.25. The van der Waals surface area contributed by atoms with Gasteiger partial charge in [0, 0.05) is 6.54 Å². The molecule has 1 aliphatic carbocycles. The Morgan fingerprint density at radius 1 is 1.31 bits per heavy atom. The van der Waals surface area contributed by atoms with Gasteiger partial charge >= 0.3 is 0 Å². The molecule has 0 saturated heterocycles. The Hall–Kier alpha value is -0.860. The zero-order chi connectivity index (χ0) is 11.2. The molecule has 1 aliphatic rings. The molecule has 0 aliphatic heterocycles.